The minimum absolute atomic E-state index is 0.338. The van der Waals surface area contributed by atoms with E-state index in [1.165, 1.54) is 6.20 Å². The second kappa shape index (κ2) is 4.79. The average Bonchev–Trinajstić information content (AvgIpc) is 2.30. The highest BCUT2D eigenvalue weighted by molar-refractivity contribution is 9.10. The van der Waals surface area contributed by atoms with Gasteiger partial charge in [0, 0.05) is 11.9 Å². The summed E-state index contributed by atoms with van der Waals surface area (Å²) in [5.74, 6) is -0.392. The smallest absolute Gasteiger partial charge is 0.340 e. The van der Waals surface area contributed by atoms with Crippen LogP contribution in [0.25, 0.3) is 11.0 Å². The molecule has 88 valence electrons. The van der Waals surface area contributed by atoms with E-state index in [1.807, 2.05) is 19.1 Å². The van der Waals surface area contributed by atoms with Gasteiger partial charge < -0.3 is 4.74 Å². The van der Waals surface area contributed by atoms with Gasteiger partial charge in [0.15, 0.2) is 0 Å². The Kier molecular flexibility index (Phi) is 3.38. The quantitative estimate of drug-likeness (QED) is 0.799. The van der Waals surface area contributed by atoms with Crippen molar-refractivity contribution >= 4 is 32.9 Å². The van der Waals surface area contributed by atoms with Crippen LogP contribution >= 0.6 is 15.9 Å². The van der Waals surface area contributed by atoms with Crippen LogP contribution < -0.4 is 0 Å². The van der Waals surface area contributed by atoms with Crippen LogP contribution in [0, 0.1) is 6.92 Å². The molecule has 0 aliphatic carbocycles. The molecule has 0 unspecified atom stereocenters. The van der Waals surface area contributed by atoms with Crippen LogP contribution in [0.1, 0.15) is 23.0 Å². The van der Waals surface area contributed by atoms with E-state index in [0.29, 0.717) is 22.2 Å². The number of aromatic nitrogens is 2. The summed E-state index contributed by atoms with van der Waals surface area (Å²) in [6.07, 6.45) is 1.50. The minimum Gasteiger partial charge on any atom is -0.462 e. The Morgan fingerprint density at radius 3 is 2.94 bits per heavy atom. The van der Waals surface area contributed by atoms with Crippen LogP contribution in [0.15, 0.2) is 22.8 Å². The van der Waals surface area contributed by atoms with Gasteiger partial charge in [-0.3, -0.25) is 9.97 Å². The van der Waals surface area contributed by atoms with Gasteiger partial charge in [0.05, 0.1) is 22.2 Å². The molecular weight excluding hydrogens is 284 g/mol. The third kappa shape index (κ3) is 2.29. The summed E-state index contributed by atoms with van der Waals surface area (Å²) < 4.78 is 5.58. The van der Waals surface area contributed by atoms with Crippen LogP contribution in [0.5, 0.6) is 0 Å². The first-order valence-electron chi connectivity index (χ1n) is 5.22. The van der Waals surface area contributed by atoms with Crippen molar-refractivity contribution < 1.29 is 9.53 Å². The van der Waals surface area contributed by atoms with E-state index in [9.17, 15) is 4.79 Å². The summed E-state index contributed by atoms with van der Waals surface area (Å²) in [5.41, 5.74) is 2.70. The number of hydrogen-bond acceptors (Lipinski definition) is 4. The zero-order chi connectivity index (χ0) is 12.4. The van der Waals surface area contributed by atoms with Crippen LogP contribution in [-0.4, -0.2) is 22.5 Å². The molecule has 17 heavy (non-hydrogen) atoms. The molecule has 0 saturated carbocycles. The highest BCUT2D eigenvalue weighted by Crippen LogP contribution is 2.25. The Morgan fingerprint density at radius 1 is 1.47 bits per heavy atom. The largest absolute Gasteiger partial charge is 0.462 e. The molecule has 4 nitrogen and oxygen atoms in total. The van der Waals surface area contributed by atoms with Gasteiger partial charge in [0.2, 0.25) is 0 Å². The summed E-state index contributed by atoms with van der Waals surface area (Å²) in [4.78, 5) is 20.2. The maximum atomic E-state index is 11.7. The van der Waals surface area contributed by atoms with Crippen LogP contribution in [0.4, 0.5) is 0 Å². The highest BCUT2D eigenvalue weighted by Gasteiger charge is 2.15. The van der Waals surface area contributed by atoms with E-state index in [-0.39, 0.29) is 0 Å². The molecule has 0 bridgehead atoms. The zero-order valence-corrected chi connectivity index (χ0v) is 11.1. The normalized spacial score (nSPS) is 10.5. The number of fused-ring (bicyclic) bond motifs is 1. The van der Waals surface area contributed by atoms with E-state index in [2.05, 4.69) is 25.9 Å². The van der Waals surface area contributed by atoms with Crippen molar-refractivity contribution in [1.82, 2.24) is 9.97 Å². The topological polar surface area (TPSA) is 52.1 Å². The lowest BCUT2D eigenvalue weighted by molar-refractivity contribution is 0.0525. The van der Waals surface area contributed by atoms with E-state index in [1.54, 1.807) is 6.92 Å². The first-order chi connectivity index (χ1) is 8.13. The van der Waals surface area contributed by atoms with Crippen LogP contribution in [0.3, 0.4) is 0 Å². The predicted octanol–water partition coefficient (Wildman–Crippen LogP) is 2.88. The number of ether oxygens (including phenoxy) is 1. The molecule has 0 amide bonds. The fraction of sp³-hybridized carbons (Fsp3) is 0.250. The van der Waals surface area contributed by atoms with Gasteiger partial charge in [-0.2, -0.15) is 0 Å². The highest BCUT2D eigenvalue weighted by atomic mass is 79.9. The molecule has 0 spiro atoms. The first-order valence-corrected chi connectivity index (χ1v) is 6.01. The second-order valence-corrected chi connectivity index (χ2v) is 4.32. The lowest BCUT2D eigenvalue weighted by Crippen LogP contribution is -2.06. The average molecular weight is 295 g/mol. The summed E-state index contributed by atoms with van der Waals surface area (Å²) in [6, 6.07) is 3.75. The molecule has 0 aliphatic rings. The number of carbonyl (C=O) groups is 1. The molecule has 2 heterocycles. The number of esters is 1. The Bertz CT molecular complexity index is 584. The van der Waals surface area contributed by atoms with E-state index in [0.717, 1.165) is 11.2 Å². The van der Waals surface area contributed by atoms with Crippen molar-refractivity contribution in [3.63, 3.8) is 0 Å². The molecule has 2 aromatic rings. The number of nitrogens with zero attached hydrogens (tertiary/aromatic N) is 2. The fourth-order valence-corrected chi connectivity index (χ4v) is 2.04. The molecule has 0 fully saturated rings. The maximum absolute atomic E-state index is 11.7. The van der Waals surface area contributed by atoms with Crippen LogP contribution in [-0.2, 0) is 4.74 Å². The Hall–Kier alpha value is -1.49. The molecule has 0 radical (unpaired) electrons. The lowest BCUT2D eigenvalue weighted by atomic mass is 10.2. The zero-order valence-electron chi connectivity index (χ0n) is 9.53. The molecule has 2 aromatic heterocycles. The lowest BCUT2D eigenvalue weighted by Gasteiger charge is -2.06. The Labute approximate surface area is 107 Å². The number of pyridine rings is 2. The summed E-state index contributed by atoms with van der Waals surface area (Å²) >= 11 is 3.38. The third-order valence-corrected chi connectivity index (χ3v) is 3.09. The number of hydrogen-bond donors (Lipinski definition) is 0. The maximum Gasteiger partial charge on any atom is 0.340 e. The van der Waals surface area contributed by atoms with Crippen molar-refractivity contribution in [3.05, 3.63) is 34.1 Å². The van der Waals surface area contributed by atoms with Crippen molar-refractivity contribution in [1.29, 1.82) is 0 Å². The van der Waals surface area contributed by atoms with E-state index in [4.69, 9.17) is 4.74 Å². The molecule has 0 aromatic carbocycles. The standard InChI is InChI=1S/C12H11BrN2O2/c1-3-17-12(16)8-6-14-9-5-4-7(2)15-11(9)10(8)13/h4-6H,3H2,1-2H3. The van der Waals surface area contributed by atoms with Gasteiger partial charge in [0.1, 0.15) is 5.52 Å². The Balaban J connectivity index is 2.60. The molecular formula is C12H11BrN2O2. The number of carbonyl (C=O) groups excluding carboxylic acids is 1. The summed E-state index contributed by atoms with van der Waals surface area (Å²) in [5, 5.41) is 0. The van der Waals surface area contributed by atoms with Gasteiger partial charge in [-0.15, -0.1) is 0 Å². The van der Waals surface area contributed by atoms with Gasteiger partial charge in [-0.1, -0.05) is 0 Å². The minimum atomic E-state index is -0.392. The SMILES string of the molecule is CCOC(=O)c1cnc2ccc(C)nc2c1Br. The number of rotatable bonds is 2. The number of aryl methyl sites for hydroxylation is 1. The first kappa shape index (κ1) is 12.0. The van der Waals surface area contributed by atoms with Crippen molar-refractivity contribution in [3.8, 4) is 0 Å². The molecule has 5 heteroatoms. The molecule has 2 rings (SSSR count). The second-order valence-electron chi connectivity index (χ2n) is 3.53. The number of halogens is 1. The monoisotopic (exact) mass is 294 g/mol. The molecule has 0 atom stereocenters. The molecule has 0 aliphatic heterocycles. The van der Waals surface area contributed by atoms with Crippen LogP contribution in [0.2, 0.25) is 0 Å². The van der Waals surface area contributed by atoms with Gasteiger partial charge in [-0.05, 0) is 41.9 Å². The summed E-state index contributed by atoms with van der Waals surface area (Å²) in [7, 11) is 0. The van der Waals surface area contributed by atoms with E-state index >= 15 is 0 Å². The molecule has 0 saturated heterocycles. The van der Waals surface area contributed by atoms with Gasteiger partial charge in [-0.25, -0.2) is 4.79 Å². The van der Waals surface area contributed by atoms with E-state index < -0.39 is 5.97 Å². The third-order valence-electron chi connectivity index (χ3n) is 2.29. The molecule has 0 N–H and O–H groups in total. The Morgan fingerprint density at radius 2 is 2.24 bits per heavy atom. The predicted molar refractivity (Wildman–Crippen MR) is 67.9 cm³/mol. The fourth-order valence-electron chi connectivity index (χ4n) is 1.48. The van der Waals surface area contributed by atoms with Crippen molar-refractivity contribution in [2.24, 2.45) is 0 Å². The summed E-state index contributed by atoms with van der Waals surface area (Å²) in [6.45, 7) is 4.00. The van der Waals surface area contributed by atoms with Gasteiger partial charge >= 0.3 is 5.97 Å². The van der Waals surface area contributed by atoms with Crippen molar-refractivity contribution in [2.75, 3.05) is 6.61 Å². The van der Waals surface area contributed by atoms with Crippen molar-refractivity contribution in [2.45, 2.75) is 13.8 Å². The van der Waals surface area contributed by atoms with Gasteiger partial charge in [0.25, 0.3) is 0 Å².